The van der Waals surface area contributed by atoms with E-state index in [-0.39, 0.29) is 5.56 Å². The molecule has 96 valence electrons. The summed E-state index contributed by atoms with van der Waals surface area (Å²) in [6.45, 7) is 1.32. The third kappa shape index (κ3) is 3.78. The molecule has 3 amide bonds. The molecule has 0 aliphatic rings. The maximum Gasteiger partial charge on any atom is 0.338 e. The van der Waals surface area contributed by atoms with Gasteiger partial charge in [0.15, 0.2) is 6.10 Å². The normalized spacial score (nSPS) is 11.4. The number of imide groups is 1. The van der Waals surface area contributed by atoms with Crippen LogP contribution in [0.25, 0.3) is 0 Å². The Morgan fingerprint density at radius 2 is 2.00 bits per heavy atom. The van der Waals surface area contributed by atoms with Crippen molar-refractivity contribution in [3.63, 3.8) is 0 Å². The number of ether oxygens (including phenoxy) is 1. The fourth-order valence-corrected chi connectivity index (χ4v) is 1.17. The number of carbonyl (C=O) groups is 3. The number of hydrogen-bond acceptors (Lipinski definition) is 5. The van der Waals surface area contributed by atoms with Crippen LogP contribution < -0.4 is 16.8 Å². The van der Waals surface area contributed by atoms with E-state index < -0.39 is 24.0 Å². The molecule has 0 heterocycles. The summed E-state index contributed by atoms with van der Waals surface area (Å²) in [6, 6.07) is 5.10. The first-order valence-electron chi connectivity index (χ1n) is 5.07. The van der Waals surface area contributed by atoms with Gasteiger partial charge >= 0.3 is 12.0 Å². The molecule has 0 radical (unpaired) electrons. The van der Waals surface area contributed by atoms with Crippen molar-refractivity contribution >= 4 is 23.6 Å². The fourth-order valence-electron chi connectivity index (χ4n) is 1.17. The number of primary amides is 1. The van der Waals surface area contributed by atoms with Crippen LogP contribution in [0.2, 0.25) is 0 Å². The van der Waals surface area contributed by atoms with Gasteiger partial charge in [-0.25, -0.2) is 9.59 Å². The van der Waals surface area contributed by atoms with Crippen LogP contribution in [0.5, 0.6) is 0 Å². The average Bonchev–Trinajstić information content (AvgIpc) is 2.27. The highest BCUT2D eigenvalue weighted by atomic mass is 16.5. The first-order chi connectivity index (χ1) is 8.40. The Morgan fingerprint density at radius 1 is 1.33 bits per heavy atom. The molecule has 1 atom stereocenters. The third-order valence-corrected chi connectivity index (χ3v) is 2.02. The number of rotatable bonds is 3. The molecule has 0 bridgehead atoms. The minimum atomic E-state index is -1.13. The topological polar surface area (TPSA) is 125 Å². The molecule has 1 aromatic carbocycles. The largest absolute Gasteiger partial charge is 0.449 e. The van der Waals surface area contributed by atoms with Crippen molar-refractivity contribution < 1.29 is 19.1 Å². The number of anilines is 1. The quantitative estimate of drug-likeness (QED) is 0.515. The van der Waals surface area contributed by atoms with E-state index in [0.717, 1.165) is 0 Å². The summed E-state index contributed by atoms with van der Waals surface area (Å²) in [5, 5.41) is 1.81. The van der Waals surface area contributed by atoms with Crippen molar-refractivity contribution in [3.05, 3.63) is 29.8 Å². The van der Waals surface area contributed by atoms with E-state index in [4.69, 9.17) is 16.2 Å². The molecule has 0 aliphatic carbocycles. The van der Waals surface area contributed by atoms with Gasteiger partial charge in [-0.2, -0.15) is 0 Å². The summed E-state index contributed by atoms with van der Waals surface area (Å²) in [7, 11) is 0. The van der Waals surface area contributed by atoms with Gasteiger partial charge in [0.1, 0.15) is 0 Å². The molecule has 0 fully saturated rings. The number of nitrogens with one attached hydrogen (secondary N) is 1. The predicted octanol–water partition coefficient (Wildman–Crippen LogP) is 0.00900. The second-order valence-electron chi connectivity index (χ2n) is 3.53. The Hall–Kier alpha value is -2.57. The average molecular weight is 251 g/mol. The first kappa shape index (κ1) is 13.5. The zero-order valence-electron chi connectivity index (χ0n) is 9.67. The van der Waals surface area contributed by atoms with Gasteiger partial charge < -0.3 is 16.2 Å². The molecule has 18 heavy (non-hydrogen) atoms. The van der Waals surface area contributed by atoms with E-state index in [9.17, 15) is 14.4 Å². The summed E-state index contributed by atoms with van der Waals surface area (Å²) >= 11 is 0. The van der Waals surface area contributed by atoms with E-state index in [1.54, 1.807) is 12.1 Å². The van der Waals surface area contributed by atoms with Gasteiger partial charge in [0.2, 0.25) is 0 Å². The van der Waals surface area contributed by atoms with Crippen molar-refractivity contribution in [2.75, 3.05) is 5.73 Å². The third-order valence-electron chi connectivity index (χ3n) is 2.02. The standard InChI is InChI=1S/C11H13N3O4/c1-6(9(15)14-11(13)17)18-10(16)7-3-2-4-8(12)5-7/h2-6H,12H2,1H3,(H3,13,14,15,17). The maximum atomic E-state index is 11.6. The number of benzene rings is 1. The lowest BCUT2D eigenvalue weighted by Crippen LogP contribution is -2.42. The van der Waals surface area contributed by atoms with Crippen molar-refractivity contribution in [2.45, 2.75) is 13.0 Å². The van der Waals surface area contributed by atoms with E-state index in [0.29, 0.717) is 5.69 Å². The molecule has 0 aromatic heterocycles. The minimum absolute atomic E-state index is 0.216. The molecular formula is C11H13N3O4. The molecular weight excluding hydrogens is 238 g/mol. The molecule has 0 saturated heterocycles. The molecule has 0 saturated carbocycles. The number of nitrogens with two attached hydrogens (primary N) is 2. The van der Waals surface area contributed by atoms with Crippen molar-refractivity contribution in [3.8, 4) is 0 Å². The maximum absolute atomic E-state index is 11.6. The summed E-state index contributed by atoms with van der Waals surface area (Å²) in [5.41, 5.74) is 10.9. The number of urea groups is 1. The van der Waals surface area contributed by atoms with Gasteiger partial charge in [0.25, 0.3) is 5.91 Å². The molecule has 1 rings (SSSR count). The van der Waals surface area contributed by atoms with Crippen LogP contribution in [0.3, 0.4) is 0 Å². The predicted molar refractivity (Wildman–Crippen MR) is 63.5 cm³/mol. The monoisotopic (exact) mass is 251 g/mol. The van der Waals surface area contributed by atoms with Gasteiger partial charge in [-0.1, -0.05) is 6.07 Å². The number of nitrogen functional groups attached to an aromatic ring is 1. The molecule has 0 spiro atoms. The van der Waals surface area contributed by atoms with Gasteiger partial charge in [0, 0.05) is 5.69 Å². The Labute approximate surface area is 103 Å². The Kier molecular flexibility index (Phi) is 4.25. The molecule has 7 heteroatoms. The Balaban J connectivity index is 2.65. The smallest absolute Gasteiger partial charge is 0.338 e. The van der Waals surface area contributed by atoms with E-state index >= 15 is 0 Å². The Morgan fingerprint density at radius 3 is 2.56 bits per heavy atom. The lowest BCUT2D eigenvalue weighted by atomic mass is 10.2. The van der Waals surface area contributed by atoms with Gasteiger partial charge in [-0.15, -0.1) is 0 Å². The van der Waals surface area contributed by atoms with Gasteiger partial charge in [-0.3, -0.25) is 10.1 Å². The van der Waals surface area contributed by atoms with Crippen LogP contribution in [0.4, 0.5) is 10.5 Å². The van der Waals surface area contributed by atoms with Gasteiger partial charge in [-0.05, 0) is 25.1 Å². The van der Waals surface area contributed by atoms with Crippen LogP contribution >= 0.6 is 0 Å². The number of amides is 3. The second kappa shape index (κ2) is 5.67. The molecule has 0 aliphatic heterocycles. The number of hydrogen-bond donors (Lipinski definition) is 3. The second-order valence-corrected chi connectivity index (χ2v) is 3.53. The SMILES string of the molecule is CC(OC(=O)c1cccc(N)c1)C(=O)NC(N)=O. The van der Waals surface area contributed by atoms with E-state index in [2.05, 4.69) is 0 Å². The first-order valence-corrected chi connectivity index (χ1v) is 5.07. The lowest BCUT2D eigenvalue weighted by Gasteiger charge is -2.12. The molecule has 7 nitrogen and oxygen atoms in total. The van der Waals surface area contributed by atoms with Crippen LogP contribution in [0.1, 0.15) is 17.3 Å². The van der Waals surface area contributed by atoms with E-state index in [1.165, 1.54) is 19.1 Å². The van der Waals surface area contributed by atoms with Crippen LogP contribution in [0, 0.1) is 0 Å². The Bertz CT molecular complexity index is 487. The minimum Gasteiger partial charge on any atom is -0.449 e. The highest BCUT2D eigenvalue weighted by molar-refractivity contribution is 5.98. The summed E-state index contributed by atoms with van der Waals surface area (Å²) in [6.07, 6.45) is -1.13. The number of carbonyl (C=O) groups excluding carboxylic acids is 3. The lowest BCUT2D eigenvalue weighted by molar-refractivity contribution is -0.127. The van der Waals surface area contributed by atoms with E-state index in [1.807, 2.05) is 5.32 Å². The summed E-state index contributed by atoms with van der Waals surface area (Å²) in [4.78, 5) is 33.3. The van der Waals surface area contributed by atoms with Crippen LogP contribution in [-0.2, 0) is 9.53 Å². The van der Waals surface area contributed by atoms with Crippen LogP contribution in [-0.4, -0.2) is 24.0 Å². The summed E-state index contributed by atoms with van der Waals surface area (Å²) < 4.78 is 4.84. The highest BCUT2D eigenvalue weighted by Crippen LogP contribution is 2.09. The molecule has 1 aromatic rings. The zero-order valence-corrected chi connectivity index (χ0v) is 9.67. The van der Waals surface area contributed by atoms with Crippen molar-refractivity contribution in [1.82, 2.24) is 5.32 Å². The van der Waals surface area contributed by atoms with Crippen LogP contribution in [0.15, 0.2) is 24.3 Å². The zero-order chi connectivity index (χ0) is 13.7. The van der Waals surface area contributed by atoms with Crippen molar-refractivity contribution in [1.29, 1.82) is 0 Å². The molecule has 5 N–H and O–H groups in total. The van der Waals surface area contributed by atoms with Gasteiger partial charge in [0.05, 0.1) is 5.56 Å². The van der Waals surface area contributed by atoms with Crippen molar-refractivity contribution in [2.24, 2.45) is 5.73 Å². The fraction of sp³-hybridized carbons (Fsp3) is 0.182. The summed E-state index contributed by atoms with van der Waals surface area (Å²) in [5.74, 6) is -1.51. The highest BCUT2D eigenvalue weighted by Gasteiger charge is 2.19. The number of esters is 1. The molecule has 1 unspecified atom stereocenters.